The van der Waals surface area contributed by atoms with Crippen molar-refractivity contribution in [2.75, 3.05) is 16.8 Å². The molecule has 3 rings (SSSR count). The third kappa shape index (κ3) is 5.64. The minimum absolute atomic E-state index is 0.106. The van der Waals surface area contributed by atoms with Gasteiger partial charge >= 0.3 is 0 Å². The molecule has 0 bridgehead atoms. The zero-order valence-corrected chi connectivity index (χ0v) is 18.8. The van der Waals surface area contributed by atoms with E-state index in [0.717, 1.165) is 6.07 Å². The number of H-pyrrole nitrogens is 1. The number of carbonyl (C=O) groups is 2. The Morgan fingerprint density at radius 1 is 1.19 bits per heavy atom. The number of benzene rings is 1. The fourth-order valence-electron chi connectivity index (χ4n) is 3.67. The highest BCUT2D eigenvalue weighted by molar-refractivity contribution is 7.91. The van der Waals surface area contributed by atoms with Crippen molar-refractivity contribution in [3.63, 3.8) is 0 Å². The second kappa shape index (κ2) is 8.89. The minimum Gasteiger partial charge on any atom is -0.373 e. The summed E-state index contributed by atoms with van der Waals surface area (Å²) in [4.78, 5) is 36.8. The van der Waals surface area contributed by atoms with Crippen LogP contribution >= 0.6 is 0 Å². The Labute approximate surface area is 184 Å². The van der Waals surface area contributed by atoms with Gasteiger partial charge in [-0.15, -0.1) is 0 Å². The molecule has 0 saturated carbocycles. The number of nitrogens with one attached hydrogen (secondary N) is 3. The fraction of sp³-hybridized carbons (Fsp3) is 0.476. The van der Waals surface area contributed by atoms with Gasteiger partial charge < -0.3 is 15.2 Å². The van der Waals surface area contributed by atoms with Crippen molar-refractivity contribution >= 4 is 27.3 Å². The molecule has 0 radical (unpaired) electrons. The summed E-state index contributed by atoms with van der Waals surface area (Å²) in [6, 6.07) is 4.19. The highest BCUT2D eigenvalue weighted by atomic mass is 32.2. The first-order valence-electron chi connectivity index (χ1n) is 10.2. The molecule has 0 spiro atoms. The monoisotopic (exact) mass is 467 g/mol. The summed E-state index contributed by atoms with van der Waals surface area (Å²) in [5.41, 5.74) is -0.344. The van der Waals surface area contributed by atoms with E-state index < -0.39 is 50.4 Å². The number of hydrogen-bond acceptors (Lipinski definition) is 6. The summed E-state index contributed by atoms with van der Waals surface area (Å²) < 4.78 is 42.9. The van der Waals surface area contributed by atoms with Crippen LogP contribution in [-0.4, -0.2) is 42.9 Å². The molecule has 1 fully saturated rings. The van der Waals surface area contributed by atoms with Crippen molar-refractivity contribution < 1.29 is 26.9 Å². The number of aromatic amines is 1. The molecule has 1 saturated heterocycles. The van der Waals surface area contributed by atoms with Crippen molar-refractivity contribution in [1.82, 2.24) is 10.5 Å². The first-order valence-corrected chi connectivity index (χ1v) is 12.0. The van der Waals surface area contributed by atoms with Crippen LogP contribution in [-0.2, 0) is 20.0 Å². The van der Waals surface area contributed by atoms with Gasteiger partial charge in [0.25, 0.3) is 11.5 Å². The number of sulfone groups is 1. The Bertz CT molecular complexity index is 1160. The molecule has 1 atom stereocenters. The quantitative estimate of drug-likeness (QED) is 0.615. The van der Waals surface area contributed by atoms with E-state index in [2.05, 4.69) is 10.6 Å². The molecule has 2 heterocycles. The Balaban J connectivity index is 1.82. The van der Waals surface area contributed by atoms with Gasteiger partial charge in [0.15, 0.2) is 0 Å². The average Bonchev–Trinajstić information content (AvgIpc) is 3.12. The van der Waals surface area contributed by atoms with Crippen molar-refractivity contribution in [3.05, 3.63) is 51.8 Å². The van der Waals surface area contributed by atoms with Gasteiger partial charge in [-0.3, -0.25) is 14.4 Å². The molecule has 174 valence electrons. The van der Waals surface area contributed by atoms with E-state index in [4.69, 9.17) is 4.52 Å². The van der Waals surface area contributed by atoms with Crippen molar-refractivity contribution in [1.29, 1.82) is 0 Å². The molecular weight excluding hydrogens is 441 g/mol. The van der Waals surface area contributed by atoms with E-state index in [-0.39, 0.29) is 35.8 Å². The van der Waals surface area contributed by atoms with Gasteiger partial charge in [0.05, 0.1) is 17.6 Å². The van der Waals surface area contributed by atoms with Crippen LogP contribution in [0.5, 0.6) is 0 Å². The van der Waals surface area contributed by atoms with E-state index >= 15 is 0 Å². The maximum absolute atomic E-state index is 14.5. The third-order valence-electron chi connectivity index (χ3n) is 5.43. The molecule has 2 aromatic rings. The Morgan fingerprint density at radius 3 is 2.38 bits per heavy atom. The smallest absolute Gasteiger partial charge is 0.290 e. The highest BCUT2D eigenvalue weighted by Crippen LogP contribution is 2.28. The lowest BCUT2D eigenvalue weighted by Gasteiger charge is -2.29. The van der Waals surface area contributed by atoms with Crippen LogP contribution in [0.2, 0.25) is 0 Å². The summed E-state index contributed by atoms with van der Waals surface area (Å²) in [5, 5.41) is 7.11. The van der Waals surface area contributed by atoms with Crippen LogP contribution in [0.15, 0.2) is 33.6 Å². The van der Waals surface area contributed by atoms with Gasteiger partial charge in [0.2, 0.25) is 11.7 Å². The molecule has 2 amide bonds. The normalized spacial score (nSPS) is 17.5. The number of hydrogen-bond donors (Lipinski definition) is 3. The van der Waals surface area contributed by atoms with E-state index in [9.17, 15) is 27.2 Å². The first kappa shape index (κ1) is 23.7. The number of anilines is 1. The van der Waals surface area contributed by atoms with Gasteiger partial charge in [0.1, 0.15) is 21.7 Å². The molecule has 1 aliphatic rings. The molecular formula is C21H26FN3O6S. The summed E-state index contributed by atoms with van der Waals surface area (Å²) in [6.07, 6.45) is 0.351. The predicted octanol–water partition coefficient (Wildman–Crippen LogP) is 1.97. The van der Waals surface area contributed by atoms with Gasteiger partial charge in [-0.25, -0.2) is 12.8 Å². The summed E-state index contributed by atoms with van der Waals surface area (Å²) in [6.45, 7) is 5.60. The highest BCUT2D eigenvalue weighted by Gasteiger charge is 2.35. The van der Waals surface area contributed by atoms with Crippen LogP contribution in [0.1, 0.15) is 49.7 Å². The third-order valence-corrected chi connectivity index (χ3v) is 7.15. The molecule has 32 heavy (non-hydrogen) atoms. The lowest BCUT2D eigenvalue weighted by Crippen LogP contribution is -2.50. The number of aromatic nitrogens is 1. The largest absolute Gasteiger partial charge is 0.373 e. The number of carbonyl (C=O) groups excluding carboxylic acids is 2. The van der Waals surface area contributed by atoms with Crippen LogP contribution in [0, 0.1) is 11.7 Å². The van der Waals surface area contributed by atoms with Gasteiger partial charge in [-0.2, -0.15) is 5.16 Å². The van der Waals surface area contributed by atoms with Crippen LogP contribution in [0.4, 0.5) is 10.1 Å². The van der Waals surface area contributed by atoms with Gasteiger partial charge in [-0.05, 0) is 41.9 Å². The van der Waals surface area contributed by atoms with Crippen molar-refractivity contribution in [2.24, 2.45) is 5.92 Å². The second-order valence-electron chi connectivity index (χ2n) is 8.95. The maximum atomic E-state index is 14.5. The van der Waals surface area contributed by atoms with Gasteiger partial charge in [-0.1, -0.05) is 26.8 Å². The van der Waals surface area contributed by atoms with E-state index in [1.54, 1.807) is 12.1 Å². The summed E-state index contributed by atoms with van der Waals surface area (Å²) >= 11 is 0. The second-order valence-corrected chi connectivity index (χ2v) is 11.3. The summed E-state index contributed by atoms with van der Waals surface area (Å²) in [5.74, 6) is -2.89. The Hall–Kier alpha value is -2.95. The Morgan fingerprint density at radius 2 is 1.84 bits per heavy atom. The van der Waals surface area contributed by atoms with Crippen LogP contribution in [0.25, 0.3) is 0 Å². The number of rotatable bonds is 5. The van der Waals surface area contributed by atoms with Crippen LogP contribution in [0.3, 0.4) is 0 Å². The topological polar surface area (TPSA) is 138 Å². The van der Waals surface area contributed by atoms with Crippen molar-refractivity contribution in [2.45, 2.75) is 45.1 Å². The SMILES string of the molecule is CC(C)(C)c1ccc(NC(=O)[C@H](NC(=O)c2cc(=O)[nH]o2)C2CCS(=O)(=O)CC2)cc1F. The predicted molar refractivity (Wildman–Crippen MR) is 116 cm³/mol. The standard InChI is InChI=1S/C21H26FN3O6S/c1-21(2,3)14-5-4-13(10-15(14)22)23-20(28)18(12-6-8-32(29,30)9-7-12)24-19(27)16-11-17(26)25-31-16/h4-5,10-12,18H,6-9H2,1-3H3,(H,23,28)(H,24,27)(H,25,26)/t18-/m1/s1. The first-order chi connectivity index (χ1) is 14.9. The molecule has 0 unspecified atom stereocenters. The molecule has 1 aromatic heterocycles. The molecule has 1 aliphatic heterocycles. The molecule has 0 aliphatic carbocycles. The average molecular weight is 468 g/mol. The molecule has 1 aromatic carbocycles. The van der Waals surface area contributed by atoms with E-state index in [0.29, 0.717) is 5.56 Å². The Kier molecular flexibility index (Phi) is 6.59. The maximum Gasteiger partial charge on any atom is 0.290 e. The van der Waals surface area contributed by atoms with E-state index in [1.165, 1.54) is 6.07 Å². The zero-order chi connectivity index (χ0) is 23.7. The lowest BCUT2D eigenvalue weighted by molar-refractivity contribution is -0.119. The van der Waals surface area contributed by atoms with Crippen LogP contribution < -0.4 is 16.2 Å². The minimum atomic E-state index is -3.19. The summed E-state index contributed by atoms with van der Waals surface area (Å²) in [7, 11) is -3.19. The zero-order valence-electron chi connectivity index (χ0n) is 18.0. The molecule has 11 heteroatoms. The molecule has 3 N–H and O–H groups in total. The number of amides is 2. The lowest BCUT2D eigenvalue weighted by atomic mass is 9.86. The fourth-order valence-corrected chi connectivity index (χ4v) is 5.20. The van der Waals surface area contributed by atoms with Gasteiger partial charge in [0, 0.05) is 5.69 Å². The number of halogens is 1. The van der Waals surface area contributed by atoms with Crippen molar-refractivity contribution in [3.8, 4) is 0 Å². The molecule has 9 nitrogen and oxygen atoms in total. The van der Waals surface area contributed by atoms with E-state index in [1.807, 2.05) is 25.9 Å².